The Kier molecular flexibility index (Phi) is 8.02. The van der Waals surface area contributed by atoms with E-state index in [0.29, 0.717) is 13.1 Å². The first kappa shape index (κ1) is 24.7. The first-order chi connectivity index (χ1) is 16.9. The van der Waals surface area contributed by atoms with E-state index in [0.717, 1.165) is 37.2 Å². The number of nitrogens with zero attached hydrogens (tertiary/aromatic N) is 3. The van der Waals surface area contributed by atoms with Gasteiger partial charge < -0.3 is 19.9 Å². The maximum absolute atomic E-state index is 13.1. The van der Waals surface area contributed by atoms with Gasteiger partial charge in [0.05, 0.1) is 19.1 Å². The van der Waals surface area contributed by atoms with Crippen LogP contribution in [0, 0.1) is 0 Å². The molecule has 186 valence electrons. The summed E-state index contributed by atoms with van der Waals surface area (Å²) in [6, 6.07) is 14.9. The number of carbonyl (C=O) groups excluding carboxylic acids is 3. The molecule has 2 heterocycles. The molecule has 0 bridgehead atoms. The van der Waals surface area contributed by atoms with Crippen molar-refractivity contribution in [2.75, 3.05) is 51.3 Å². The van der Waals surface area contributed by atoms with Crippen LogP contribution in [0.25, 0.3) is 0 Å². The lowest BCUT2D eigenvalue weighted by Crippen LogP contribution is -2.41. The molecule has 4 rings (SSSR count). The zero-order valence-electron chi connectivity index (χ0n) is 20.5. The average Bonchev–Trinajstić information content (AvgIpc) is 3.10. The lowest BCUT2D eigenvalue weighted by molar-refractivity contribution is -0.143. The molecule has 35 heavy (non-hydrogen) atoms. The number of urea groups is 1. The minimum atomic E-state index is -0.515. The van der Waals surface area contributed by atoms with E-state index < -0.39 is 6.04 Å². The molecule has 0 spiro atoms. The molecule has 8 nitrogen and oxygen atoms in total. The van der Waals surface area contributed by atoms with E-state index in [2.05, 4.69) is 29.4 Å². The van der Waals surface area contributed by atoms with Crippen LogP contribution in [0.1, 0.15) is 36.1 Å². The zero-order valence-corrected chi connectivity index (χ0v) is 20.5. The molecular formula is C27H34N4O4. The number of fused-ring (bicyclic) bond motifs is 1. The van der Waals surface area contributed by atoms with Gasteiger partial charge in [0, 0.05) is 31.9 Å². The maximum Gasteiger partial charge on any atom is 0.325 e. The average molecular weight is 479 g/mol. The van der Waals surface area contributed by atoms with Gasteiger partial charge in [0.1, 0.15) is 6.54 Å². The molecule has 2 aliphatic heterocycles. The van der Waals surface area contributed by atoms with Gasteiger partial charge in [-0.25, -0.2) is 4.79 Å². The number of nitrogens with one attached hydrogen (secondary N) is 1. The highest BCUT2D eigenvalue weighted by molar-refractivity contribution is 5.96. The number of hydrogen-bond acceptors (Lipinski definition) is 5. The van der Waals surface area contributed by atoms with E-state index in [1.807, 2.05) is 36.4 Å². The predicted octanol–water partition coefficient (Wildman–Crippen LogP) is 2.77. The summed E-state index contributed by atoms with van der Waals surface area (Å²) in [4.78, 5) is 43.8. The zero-order chi connectivity index (χ0) is 24.8. The quantitative estimate of drug-likeness (QED) is 0.590. The third-order valence-corrected chi connectivity index (χ3v) is 6.67. The maximum atomic E-state index is 13.1. The predicted molar refractivity (Wildman–Crippen MR) is 134 cm³/mol. The van der Waals surface area contributed by atoms with Crippen molar-refractivity contribution in [3.8, 4) is 0 Å². The number of likely N-dealkylation sites (N-methyl/N-ethyl adjacent to an activating group) is 1. The number of rotatable bonds is 8. The van der Waals surface area contributed by atoms with E-state index in [-0.39, 0.29) is 37.5 Å². The molecule has 0 saturated carbocycles. The van der Waals surface area contributed by atoms with Gasteiger partial charge in [-0.1, -0.05) is 36.4 Å². The first-order valence-electron chi connectivity index (χ1n) is 12.3. The van der Waals surface area contributed by atoms with Crippen LogP contribution in [0.15, 0.2) is 48.5 Å². The Hall–Kier alpha value is -3.39. The molecule has 3 amide bonds. The van der Waals surface area contributed by atoms with Gasteiger partial charge in [-0.2, -0.15) is 0 Å². The molecular weight excluding hydrogens is 444 g/mol. The standard InChI is InChI=1S/C27H34N4O4/c1-3-35-26(33)18-24(21-7-5-4-6-8-21)28-25(32)19-30-15-16-31(27(30)34)23-10-9-20-11-13-29(2)14-12-22(20)17-23/h4-10,17,24H,3,11-16,18-19H2,1-2H3,(H,28,32). The van der Waals surface area contributed by atoms with Gasteiger partial charge in [-0.3, -0.25) is 14.5 Å². The Morgan fingerprint density at radius 3 is 2.49 bits per heavy atom. The van der Waals surface area contributed by atoms with Crippen molar-refractivity contribution in [3.63, 3.8) is 0 Å². The summed E-state index contributed by atoms with van der Waals surface area (Å²) in [5.41, 5.74) is 4.33. The number of ether oxygens (including phenoxy) is 1. The van der Waals surface area contributed by atoms with Gasteiger partial charge in [-0.15, -0.1) is 0 Å². The SMILES string of the molecule is CCOC(=O)CC(NC(=O)CN1CCN(c2ccc3c(c2)CCN(C)CC3)C1=O)c1ccccc1. The van der Waals surface area contributed by atoms with E-state index in [4.69, 9.17) is 4.74 Å². The summed E-state index contributed by atoms with van der Waals surface area (Å²) in [5.74, 6) is -0.678. The van der Waals surface area contributed by atoms with Crippen molar-refractivity contribution in [1.29, 1.82) is 0 Å². The fourth-order valence-corrected chi connectivity index (χ4v) is 4.70. The van der Waals surface area contributed by atoms with Gasteiger partial charge in [0.15, 0.2) is 0 Å². The second-order valence-corrected chi connectivity index (χ2v) is 9.15. The van der Waals surface area contributed by atoms with Crippen molar-refractivity contribution in [1.82, 2.24) is 15.1 Å². The van der Waals surface area contributed by atoms with Crippen molar-refractivity contribution in [2.45, 2.75) is 32.2 Å². The van der Waals surface area contributed by atoms with Crippen LogP contribution in [0.5, 0.6) is 0 Å². The minimum Gasteiger partial charge on any atom is -0.466 e. The first-order valence-corrected chi connectivity index (χ1v) is 12.3. The number of amides is 3. The summed E-state index contributed by atoms with van der Waals surface area (Å²) in [6.07, 6.45) is 2.02. The van der Waals surface area contributed by atoms with Crippen LogP contribution in [0.2, 0.25) is 0 Å². The number of benzene rings is 2. The molecule has 0 aliphatic carbocycles. The van der Waals surface area contributed by atoms with Crippen LogP contribution in [0.3, 0.4) is 0 Å². The summed E-state index contributed by atoms with van der Waals surface area (Å²) in [6.45, 7) is 5.03. The highest BCUT2D eigenvalue weighted by atomic mass is 16.5. The molecule has 1 unspecified atom stereocenters. The van der Waals surface area contributed by atoms with Crippen LogP contribution < -0.4 is 10.2 Å². The Morgan fingerprint density at radius 1 is 1.00 bits per heavy atom. The molecule has 1 saturated heterocycles. The summed E-state index contributed by atoms with van der Waals surface area (Å²) >= 11 is 0. The Bertz CT molecular complexity index is 1060. The highest BCUT2D eigenvalue weighted by Crippen LogP contribution is 2.26. The third kappa shape index (κ3) is 6.19. The Balaban J connectivity index is 1.39. The molecule has 1 atom stereocenters. The normalized spacial score (nSPS) is 17.0. The lowest BCUT2D eigenvalue weighted by atomic mass is 10.0. The number of esters is 1. The molecule has 2 aromatic carbocycles. The monoisotopic (exact) mass is 478 g/mol. The van der Waals surface area contributed by atoms with E-state index in [1.54, 1.807) is 16.7 Å². The lowest BCUT2D eigenvalue weighted by Gasteiger charge is -2.22. The summed E-state index contributed by atoms with van der Waals surface area (Å²) < 4.78 is 5.08. The summed E-state index contributed by atoms with van der Waals surface area (Å²) in [5, 5.41) is 2.92. The van der Waals surface area contributed by atoms with Gasteiger partial charge >= 0.3 is 12.0 Å². The summed E-state index contributed by atoms with van der Waals surface area (Å²) in [7, 11) is 2.13. The molecule has 2 aromatic rings. The van der Waals surface area contributed by atoms with Crippen molar-refractivity contribution >= 4 is 23.6 Å². The molecule has 2 aliphatic rings. The second kappa shape index (κ2) is 11.4. The highest BCUT2D eigenvalue weighted by Gasteiger charge is 2.32. The number of anilines is 1. The van der Waals surface area contributed by atoms with Crippen LogP contribution in [-0.2, 0) is 27.2 Å². The number of carbonyl (C=O) groups is 3. The van der Waals surface area contributed by atoms with Crippen molar-refractivity contribution < 1.29 is 19.1 Å². The topological polar surface area (TPSA) is 82.2 Å². The van der Waals surface area contributed by atoms with Gasteiger partial charge in [0.2, 0.25) is 5.91 Å². The Labute approximate surface area is 206 Å². The molecule has 0 radical (unpaired) electrons. The van der Waals surface area contributed by atoms with Crippen LogP contribution >= 0.6 is 0 Å². The minimum absolute atomic E-state index is 0.0357. The third-order valence-electron chi connectivity index (χ3n) is 6.67. The molecule has 1 fully saturated rings. The second-order valence-electron chi connectivity index (χ2n) is 9.15. The fourth-order valence-electron chi connectivity index (χ4n) is 4.70. The Morgan fingerprint density at radius 2 is 1.74 bits per heavy atom. The largest absolute Gasteiger partial charge is 0.466 e. The van der Waals surface area contributed by atoms with E-state index in [1.165, 1.54) is 11.1 Å². The van der Waals surface area contributed by atoms with Crippen molar-refractivity contribution in [2.24, 2.45) is 0 Å². The van der Waals surface area contributed by atoms with Gasteiger partial charge in [-0.05, 0) is 55.6 Å². The molecule has 8 heteroatoms. The van der Waals surface area contributed by atoms with Gasteiger partial charge in [0.25, 0.3) is 0 Å². The van der Waals surface area contributed by atoms with E-state index in [9.17, 15) is 14.4 Å². The smallest absolute Gasteiger partial charge is 0.325 e. The van der Waals surface area contributed by atoms with E-state index >= 15 is 0 Å². The van der Waals surface area contributed by atoms with Crippen LogP contribution in [0.4, 0.5) is 10.5 Å². The number of hydrogen-bond donors (Lipinski definition) is 1. The molecule has 0 aromatic heterocycles. The van der Waals surface area contributed by atoms with Crippen LogP contribution in [-0.4, -0.2) is 74.1 Å². The fraction of sp³-hybridized carbons (Fsp3) is 0.444. The molecule has 1 N–H and O–H groups in total. The van der Waals surface area contributed by atoms with Crippen molar-refractivity contribution in [3.05, 3.63) is 65.2 Å².